The molecule has 0 saturated heterocycles. The van der Waals surface area contributed by atoms with Crippen molar-refractivity contribution in [1.82, 2.24) is 4.90 Å². The highest BCUT2D eigenvalue weighted by Crippen LogP contribution is 2.18. The number of hydrogen-bond donors (Lipinski definition) is 0. The second-order valence-corrected chi connectivity index (χ2v) is 4.20. The van der Waals surface area contributed by atoms with E-state index in [1.807, 2.05) is 25.1 Å². The minimum Gasteiger partial charge on any atom is -0.462 e. The topological polar surface area (TPSA) is 29.5 Å². The highest BCUT2D eigenvalue weighted by Gasteiger charge is 2.13. The van der Waals surface area contributed by atoms with Gasteiger partial charge in [-0.1, -0.05) is 17.7 Å². The van der Waals surface area contributed by atoms with Crippen molar-refractivity contribution in [3.63, 3.8) is 0 Å². The molecule has 0 bridgehead atoms. The normalized spacial score (nSPS) is 10.6. The number of nitrogens with zero attached hydrogens (tertiary/aromatic N) is 1. The summed E-state index contributed by atoms with van der Waals surface area (Å²) in [7, 11) is 3.90. The maximum Gasteiger partial charge on any atom is 0.338 e. The summed E-state index contributed by atoms with van der Waals surface area (Å²) in [6, 6.07) is 5.29. The van der Waals surface area contributed by atoms with Crippen molar-refractivity contribution in [3.8, 4) is 0 Å². The molecule has 0 saturated carbocycles. The Kier molecular flexibility index (Phi) is 4.77. The molecule has 0 amide bonds. The fourth-order valence-corrected chi connectivity index (χ4v) is 1.60. The van der Waals surface area contributed by atoms with Gasteiger partial charge >= 0.3 is 5.97 Å². The van der Waals surface area contributed by atoms with E-state index in [0.717, 1.165) is 5.56 Å². The number of halogens is 1. The predicted molar refractivity (Wildman–Crippen MR) is 64.8 cm³/mol. The van der Waals surface area contributed by atoms with Gasteiger partial charge in [0.2, 0.25) is 0 Å². The van der Waals surface area contributed by atoms with Crippen LogP contribution < -0.4 is 0 Å². The number of esters is 1. The van der Waals surface area contributed by atoms with Crippen LogP contribution in [0.25, 0.3) is 0 Å². The highest BCUT2D eigenvalue weighted by molar-refractivity contribution is 6.31. The Morgan fingerprint density at radius 2 is 2.12 bits per heavy atom. The summed E-state index contributed by atoms with van der Waals surface area (Å²) < 4.78 is 4.99. The van der Waals surface area contributed by atoms with E-state index >= 15 is 0 Å². The van der Waals surface area contributed by atoms with Crippen LogP contribution in [-0.4, -0.2) is 31.6 Å². The number of ether oxygens (including phenoxy) is 1. The van der Waals surface area contributed by atoms with Crippen molar-refractivity contribution < 1.29 is 9.53 Å². The van der Waals surface area contributed by atoms with E-state index in [-0.39, 0.29) is 5.97 Å². The highest BCUT2D eigenvalue weighted by atomic mass is 35.5. The number of rotatable bonds is 4. The molecule has 0 atom stereocenters. The van der Waals surface area contributed by atoms with Gasteiger partial charge in [-0.05, 0) is 38.7 Å². The van der Waals surface area contributed by atoms with Gasteiger partial charge in [0.25, 0.3) is 0 Å². The molecule has 1 aromatic carbocycles. The molecule has 88 valence electrons. The van der Waals surface area contributed by atoms with E-state index in [1.54, 1.807) is 19.1 Å². The average Bonchev–Trinajstić information content (AvgIpc) is 2.20. The SMILES string of the molecule is CCOC(=O)c1cc(Cl)ccc1CN(C)C. The molecule has 1 rings (SSSR count). The number of carbonyl (C=O) groups is 1. The van der Waals surface area contributed by atoms with Gasteiger partial charge in [0.15, 0.2) is 0 Å². The largest absolute Gasteiger partial charge is 0.462 e. The van der Waals surface area contributed by atoms with E-state index in [4.69, 9.17) is 16.3 Å². The van der Waals surface area contributed by atoms with E-state index < -0.39 is 0 Å². The molecule has 0 radical (unpaired) electrons. The maximum atomic E-state index is 11.7. The van der Waals surface area contributed by atoms with Crippen LogP contribution in [0.3, 0.4) is 0 Å². The molecular formula is C12H16ClNO2. The van der Waals surface area contributed by atoms with Crippen molar-refractivity contribution in [2.24, 2.45) is 0 Å². The van der Waals surface area contributed by atoms with Crippen LogP contribution in [0.15, 0.2) is 18.2 Å². The molecule has 0 heterocycles. The van der Waals surface area contributed by atoms with Crippen molar-refractivity contribution in [1.29, 1.82) is 0 Å². The maximum absolute atomic E-state index is 11.7. The Balaban J connectivity index is 3.02. The van der Waals surface area contributed by atoms with Crippen LogP contribution in [0.4, 0.5) is 0 Å². The van der Waals surface area contributed by atoms with Crippen molar-refractivity contribution in [3.05, 3.63) is 34.3 Å². The molecule has 0 aliphatic heterocycles. The van der Waals surface area contributed by atoms with Crippen molar-refractivity contribution in [2.75, 3.05) is 20.7 Å². The minimum absolute atomic E-state index is 0.318. The summed E-state index contributed by atoms with van der Waals surface area (Å²) in [5.41, 5.74) is 1.47. The molecular weight excluding hydrogens is 226 g/mol. The van der Waals surface area contributed by atoms with Crippen molar-refractivity contribution >= 4 is 17.6 Å². The molecule has 0 spiro atoms. The standard InChI is InChI=1S/C12H16ClNO2/c1-4-16-12(15)11-7-10(13)6-5-9(11)8-14(2)3/h5-7H,4,8H2,1-3H3. The second kappa shape index (κ2) is 5.87. The first kappa shape index (κ1) is 13.0. The molecule has 0 aliphatic rings. The summed E-state index contributed by atoms with van der Waals surface area (Å²) >= 11 is 5.88. The van der Waals surface area contributed by atoms with E-state index in [2.05, 4.69) is 0 Å². The molecule has 0 aliphatic carbocycles. The third-order valence-electron chi connectivity index (χ3n) is 2.05. The van der Waals surface area contributed by atoms with Gasteiger partial charge in [-0.25, -0.2) is 4.79 Å². The first-order chi connectivity index (χ1) is 7.54. The molecule has 4 heteroatoms. The van der Waals surface area contributed by atoms with Gasteiger partial charge in [0.1, 0.15) is 0 Å². The fraction of sp³-hybridized carbons (Fsp3) is 0.417. The quantitative estimate of drug-likeness (QED) is 0.759. The summed E-state index contributed by atoms with van der Waals surface area (Å²) in [6.45, 7) is 2.84. The summed E-state index contributed by atoms with van der Waals surface area (Å²) in [4.78, 5) is 13.7. The van der Waals surface area contributed by atoms with Crippen molar-refractivity contribution in [2.45, 2.75) is 13.5 Å². The Bertz CT molecular complexity index is 377. The van der Waals surface area contributed by atoms with Crippen LogP contribution in [-0.2, 0) is 11.3 Å². The Hall–Kier alpha value is -1.06. The lowest BCUT2D eigenvalue weighted by Crippen LogP contribution is -2.15. The van der Waals surface area contributed by atoms with Gasteiger partial charge in [0, 0.05) is 11.6 Å². The summed E-state index contributed by atoms with van der Waals surface area (Å²) in [6.07, 6.45) is 0. The van der Waals surface area contributed by atoms with Crippen LogP contribution >= 0.6 is 11.6 Å². The third-order valence-corrected chi connectivity index (χ3v) is 2.29. The first-order valence-electron chi connectivity index (χ1n) is 5.15. The number of benzene rings is 1. The summed E-state index contributed by atoms with van der Waals surface area (Å²) in [5, 5.41) is 0.547. The van der Waals surface area contributed by atoms with Gasteiger partial charge < -0.3 is 9.64 Å². The van der Waals surface area contributed by atoms with Gasteiger partial charge in [0.05, 0.1) is 12.2 Å². The molecule has 3 nitrogen and oxygen atoms in total. The zero-order valence-corrected chi connectivity index (χ0v) is 10.5. The minimum atomic E-state index is -0.318. The molecule has 16 heavy (non-hydrogen) atoms. The number of hydrogen-bond acceptors (Lipinski definition) is 3. The monoisotopic (exact) mass is 241 g/mol. The van der Waals surface area contributed by atoms with E-state index in [9.17, 15) is 4.79 Å². The Morgan fingerprint density at radius 1 is 1.44 bits per heavy atom. The van der Waals surface area contributed by atoms with E-state index in [0.29, 0.717) is 23.7 Å². The van der Waals surface area contributed by atoms with Crippen LogP contribution in [0.5, 0.6) is 0 Å². The molecule has 1 aromatic rings. The van der Waals surface area contributed by atoms with Gasteiger partial charge in [-0.2, -0.15) is 0 Å². The van der Waals surface area contributed by atoms with E-state index in [1.165, 1.54) is 0 Å². The lowest BCUT2D eigenvalue weighted by atomic mass is 10.1. The lowest BCUT2D eigenvalue weighted by molar-refractivity contribution is 0.0524. The number of carbonyl (C=O) groups excluding carboxylic acids is 1. The van der Waals surface area contributed by atoms with Gasteiger partial charge in [-0.15, -0.1) is 0 Å². The van der Waals surface area contributed by atoms with Gasteiger partial charge in [-0.3, -0.25) is 0 Å². The Morgan fingerprint density at radius 3 is 2.69 bits per heavy atom. The molecule has 0 unspecified atom stereocenters. The average molecular weight is 242 g/mol. The van der Waals surface area contributed by atoms with Crippen LogP contribution in [0.1, 0.15) is 22.8 Å². The smallest absolute Gasteiger partial charge is 0.338 e. The zero-order chi connectivity index (χ0) is 12.1. The summed E-state index contributed by atoms with van der Waals surface area (Å²) in [5.74, 6) is -0.318. The fourth-order valence-electron chi connectivity index (χ4n) is 1.43. The lowest BCUT2D eigenvalue weighted by Gasteiger charge is -2.13. The van der Waals surface area contributed by atoms with Crippen LogP contribution in [0.2, 0.25) is 5.02 Å². The zero-order valence-electron chi connectivity index (χ0n) is 9.79. The predicted octanol–water partition coefficient (Wildman–Crippen LogP) is 2.58. The Labute approximate surface area is 101 Å². The second-order valence-electron chi connectivity index (χ2n) is 3.76. The first-order valence-corrected chi connectivity index (χ1v) is 5.52. The molecule has 0 aromatic heterocycles. The molecule has 0 fully saturated rings. The van der Waals surface area contributed by atoms with Crippen LogP contribution in [0, 0.1) is 0 Å². The third kappa shape index (κ3) is 3.51. The molecule has 0 N–H and O–H groups in total.